The van der Waals surface area contributed by atoms with Crippen molar-refractivity contribution in [1.29, 1.82) is 0 Å². The summed E-state index contributed by atoms with van der Waals surface area (Å²) in [5, 5.41) is 5.81. The van der Waals surface area contributed by atoms with Gasteiger partial charge in [-0.2, -0.15) is 0 Å². The summed E-state index contributed by atoms with van der Waals surface area (Å²) in [5.74, 6) is -2.75. The molecule has 1 aliphatic heterocycles. The molecule has 10 heteroatoms. The number of carbonyl (C=O) groups is 5. The Kier molecular flexibility index (Phi) is 11.1. The molecule has 0 spiro atoms. The van der Waals surface area contributed by atoms with Gasteiger partial charge in [0.15, 0.2) is 0 Å². The van der Waals surface area contributed by atoms with Crippen LogP contribution in [-0.2, 0) is 39.9 Å². The van der Waals surface area contributed by atoms with Crippen molar-refractivity contribution in [2.24, 2.45) is 11.3 Å². The van der Waals surface area contributed by atoms with Crippen molar-refractivity contribution >= 4 is 35.3 Å². The molecule has 0 bridgehead atoms. The van der Waals surface area contributed by atoms with E-state index in [0.717, 1.165) is 18.4 Å². The molecular formula is C30H43N3O7. The molecule has 1 unspecified atom stereocenters. The lowest BCUT2D eigenvalue weighted by molar-refractivity contribution is -0.152. The molecule has 3 rings (SSSR count). The van der Waals surface area contributed by atoms with E-state index < -0.39 is 29.3 Å². The summed E-state index contributed by atoms with van der Waals surface area (Å²) in [5.41, 5.74) is 0.637. The Balaban J connectivity index is 1.83. The fourth-order valence-electron chi connectivity index (χ4n) is 5.81. The summed E-state index contributed by atoms with van der Waals surface area (Å²) in [4.78, 5) is 66.9. The molecule has 1 aromatic carbocycles. The van der Waals surface area contributed by atoms with Crippen LogP contribution in [0.4, 0.5) is 5.69 Å². The number of nitrogens with zero attached hydrogens (tertiary/aromatic N) is 1. The molecule has 1 fully saturated rings. The fraction of sp³-hybridized carbons (Fsp3) is 0.633. The summed E-state index contributed by atoms with van der Waals surface area (Å²) < 4.78 is 10.4. The number of carbonyl (C=O) groups excluding carboxylic acids is 5. The third kappa shape index (κ3) is 7.82. The Morgan fingerprint density at radius 3 is 2.38 bits per heavy atom. The van der Waals surface area contributed by atoms with E-state index in [1.807, 2.05) is 32.0 Å². The van der Waals surface area contributed by atoms with Crippen molar-refractivity contribution in [2.75, 3.05) is 24.7 Å². The first kappa shape index (κ1) is 31.1. The zero-order valence-corrected chi connectivity index (χ0v) is 24.1. The van der Waals surface area contributed by atoms with Gasteiger partial charge in [-0.3, -0.25) is 28.9 Å². The van der Waals surface area contributed by atoms with Crippen LogP contribution in [0.1, 0.15) is 78.2 Å². The number of amides is 3. The summed E-state index contributed by atoms with van der Waals surface area (Å²) in [6, 6.07) is 6.46. The molecule has 2 aliphatic rings. The normalized spacial score (nSPS) is 18.9. The molecule has 0 saturated heterocycles. The number of rotatable bonds is 12. The Morgan fingerprint density at radius 2 is 1.73 bits per heavy atom. The van der Waals surface area contributed by atoms with Gasteiger partial charge in [0, 0.05) is 18.2 Å². The van der Waals surface area contributed by atoms with Crippen LogP contribution in [0.15, 0.2) is 24.3 Å². The molecule has 3 amide bonds. The Labute approximate surface area is 236 Å². The Bertz CT molecular complexity index is 1080. The number of benzene rings is 1. The first-order valence-electron chi connectivity index (χ1n) is 14.4. The van der Waals surface area contributed by atoms with E-state index in [0.29, 0.717) is 31.4 Å². The minimum atomic E-state index is -0.902. The van der Waals surface area contributed by atoms with Crippen LogP contribution >= 0.6 is 0 Å². The molecule has 1 heterocycles. The second-order valence-corrected chi connectivity index (χ2v) is 11.0. The zero-order valence-electron chi connectivity index (χ0n) is 24.1. The van der Waals surface area contributed by atoms with E-state index in [2.05, 4.69) is 10.6 Å². The van der Waals surface area contributed by atoms with Crippen molar-refractivity contribution in [3.63, 3.8) is 0 Å². The van der Waals surface area contributed by atoms with Crippen LogP contribution in [0.3, 0.4) is 0 Å². The summed E-state index contributed by atoms with van der Waals surface area (Å²) in [6.45, 7) is 7.22. The minimum Gasteiger partial charge on any atom is -0.466 e. The van der Waals surface area contributed by atoms with Gasteiger partial charge in [0.25, 0.3) is 0 Å². The van der Waals surface area contributed by atoms with Crippen LogP contribution in [0.2, 0.25) is 0 Å². The third-order valence-electron chi connectivity index (χ3n) is 7.63. The standard InChI is InChI=1S/C30H43N3O7/c1-5-39-26(35)19-33-24-12-8-7-11-21(24)13-14-23(27(33)36)32-29(38)30(15-9-10-16-30)18-22(28(37)40-6-2)17-25(34)31-20(3)4/h7-8,11-12,20,22-23H,5-6,9-10,13-19H2,1-4H3,(H,31,34)(H,32,38)/t22?,23-/m0/s1. The lowest BCUT2D eigenvalue weighted by Gasteiger charge is -2.33. The highest BCUT2D eigenvalue weighted by Crippen LogP contribution is 2.44. The van der Waals surface area contributed by atoms with Crippen LogP contribution in [0.25, 0.3) is 0 Å². The maximum absolute atomic E-state index is 14.0. The number of hydrogen-bond acceptors (Lipinski definition) is 7. The number of ether oxygens (including phenoxy) is 2. The molecule has 2 atom stereocenters. The van der Waals surface area contributed by atoms with E-state index in [9.17, 15) is 24.0 Å². The predicted octanol–water partition coefficient (Wildman–Crippen LogP) is 3.06. The summed E-state index contributed by atoms with van der Waals surface area (Å²) in [7, 11) is 0. The highest BCUT2D eigenvalue weighted by atomic mass is 16.5. The van der Waals surface area contributed by atoms with Crippen molar-refractivity contribution in [1.82, 2.24) is 10.6 Å². The highest BCUT2D eigenvalue weighted by Gasteiger charge is 2.46. The second kappa shape index (κ2) is 14.3. The maximum atomic E-state index is 14.0. The molecule has 1 aromatic rings. The van der Waals surface area contributed by atoms with Crippen LogP contribution < -0.4 is 15.5 Å². The average molecular weight is 558 g/mol. The lowest BCUT2D eigenvalue weighted by Crippen LogP contribution is -2.53. The van der Waals surface area contributed by atoms with Gasteiger partial charge in [-0.05, 0) is 71.4 Å². The van der Waals surface area contributed by atoms with Crippen molar-refractivity contribution in [2.45, 2.75) is 91.1 Å². The van der Waals surface area contributed by atoms with Gasteiger partial charge in [0.1, 0.15) is 12.6 Å². The SMILES string of the molecule is CCOC(=O)CN1C(=O)[C@@H](NC(=O)C2(CC(CC(=O)NC(C)C)C(=O)OCC)CCCC2)CCc2ccccc21. The Hall–Kier alpha value is -3.43. The van der Waals surface area contributed by atoms with E-state index in [1.54, 1.807) is 19.9 Å². The number of aryl methyl sites for hydroxylation is 1. The first-order chi connectivity index (χ1) is 19.1. The number of nitrogens with one attached hydrogen (secondary N) is 2. The van der Waals surface area contributed by atoms with Gasteiger partial charge in [-0.25, -0.2) is 0 Å². The number of fused-ring (bicyclic) bond motifs is 1. The largest absolute Gasteiger partial charge is 0.466 e. The van der Waals surface area contributed by atoms with Crippen molar-refractivity contribution < 1.29 is 33.4 Å². The van der Waals surface area contributed by atoms with E-state index >= 15 is 0 Å². The van der Waals surface area contributed by atoms with Crippen molar-refractivity contribution in [3.05, 3.63) is 29.8 Å². The van der Waals surface area contributed by atoms with E-state index in [-0.39, 0.29) is 56.4 Å². The number of para-hydroxylation sites is 1. The smallest absolute Gasteiger partial charge is 0.326 e. The third-order valence-corrected chi connectivity index (χ3v) is 7.63. The van der Waals surface area contributed by atoms with Gasteiger partial charge >= 0.3 is 11.9 Å². The number of esters is 2. The van der Waals surface area contributed by atoms with Gasteiger partial charge in [0.05, 0.1) is 24.5 Å². The van der Waals surface area contributed by atoms with Crippen LogP contribution in [0.5, 0.6) is 0 Å². The molecule has 1 aliphatic carbocycles. The molecular weight excluding hydrogens is 514 g/mol. The molecule has 0 aromatic heterocycles. The van der Waals surface area contributed by atoms with Gasteiger partial charge in [-0.1, -0.05) is 31.0 Å². The average Bonchev–Trinajstić information content (AvgIpc) is 3.34. The summed E-state index contributed by atoms with van der Waals surface area (Å²) in [6.07, 6.45) is 3.71. The Morgan fingerprint density at radius 1 is 1.05 bits per heavy atom. The van der Waals surface area contributed by atoms with Crippen LogP contribution in [-0.4, -0.2) is 61.5 Å². The van der Waals surface area contributed by atoms with E-state index in [4.69, 9.17) is 9.47 Å². The first-order valence-corrected chi connectivity index (χ1v) is 14.4. The monoisotopic (exact) mass is 557 g/mol. The summed E-state index contributed by atoms with van der Waals surface area (Å²) >= 11 is 0. The predicted molar refractivity (Wildman–Crippen MR) is 149 cm³/mol. The molecule has 2 N–H and O–H groups in total. The van der Waals surface area contributed by atoms with Gasteiger partial charge < -0.3 is 20.1 Å². The molecule has 0 radical (unpaired) electrons. The minimum absolute atomic E-state index is 0.0724. The topological polar surface area (TPSA) is 131 Å². The number of anilines is 1. The fourth-order valence-corrected chi connectivity index (χ4v) is 5.81. The molecule has 1 saturated carbocycles. The maximum Gasteiger partial charge on any atom is 0.326 e. The quantitative estimate of drug-likeness (QED) is 0.378. The van der Waals surface area contributed by atoms with Crippen LogP contribution in [0, 0.1) is 11.3 Å². The second-order valence-electron chi connectivity index (χ2n) is 11.0. The zero-order chi connectivity index (χ0) is 29.3. The molecule has 220 valence electrons. The lowest BCUT2D eigenvalue weighted by atomic mass is 9.75. The van der Waals surface area contributed by atoms with Gasteiger partial charge in [-0.15, -0.1) is 0 Å². The van der Waals surface area contributed by atoms with E-state index in [1.165, 1.54) is 4.90 Å². The molecule has 10 nitrogen and oxygen atoms in total. The van der Waals surface area contributed by atoms with Gasteiger partial charge in [0.2, 0.25) is 17.7 Å². The highest BCUT2D eigenvalue weighted by molar-refractivity contribution is 6.03. The van der Waals surface area contributed by atoms with Crippen molar-refractivity contribution in [3.8, 4) is 0 Å². The molecule has 40 heavy (non-hydrogen) atoms. The number of hydrogen-bond donors (Lipinski definition) is 2.